The van der Waals surface area contributed by atoms with Gasteiger partial charge in [-0.1, -0.05) is 0 Å². The molecule has 1 aromatic carbocycles. The molecule has 0 radical (unpaired) electrons. The summed E-state index contributed by atoms with van der Waals surface area (Å²) in [6.45, 7) is 0.413. The average Bonchev–Trinajstić information content (AvgIpc) is 2.72. The summed E-state index contributed by atoms with van der Waals surface area (Å²) in [6.07, 6.45) is 0. The van der Waals surface area contributed by atoms with E-state index in [2.05, 4.69) is 21.0 Å². The lowest BCUT2D eigenvalue weighted by Gasteiger charge is -2.09. The van der Waals surface area contributed by atoms with E-state index in [1.807, 2.05) is 25.2 Å². The molecule has 0 aliphatic carbocycles. The molecule has 0 saturated carbocycles. The predicted molar refractivity (Wildman–Crippen MR) is 77.3 cm³/mol. The molecule has 102 valence electrons. The largest absolute Gasteiger partial charge is 0.497 e. The standard InChI is InChI=1S/C13H16BrN3O2/c1-17-10(7-15)12(14)13(16-17)9-6-8(18-2)4-5-11(9)19-3/h4-6H,7,15H2,1-3H3. The lowest BCUT2D eigenvalue weighted by atomic mass is 10.1. The van der Waals surface area contributed by atoms with Crippen LogP contribution in [0.1, 0.15) is 5.69 Å². The van der Waals surface area contributed by atoms with Crippen molar-refractivity contribution in [2.75, 3.05) is 14.2 Å². The van der Waals surface area contributed by atoms with E-state index >= 15 is 0 Å². The summed E-state index contributed by atoms with van der Waals surface area (Å²) >= 11 is 3.55. The van der Waals surface area contributed by atoms with Gasteiger partial charge in [-0.2, -0.15) is 5.10 Å². The third kappa shape index (κ3) is 2.46. The zero-order valence-corrected chi connectivity index (χ0v) is 12.7. The van der Waals surface area contributed by atoms with Crippen LogP contribution in [-0.4, -0.2) is 24.0 Å². The van der Waals surface area contributed by atoms with Crippen LogP contribution in [0.2, 0.25) is 0 Å². The SMILES string of the molecule is COc1ccc(OC)c(-c2nn(C)c(CN)c2Br)c1. The lowest BCUT2D eigenvalue weighted by Crippen LogP contribution is -2.04. The summed E-state index contributed by atoms with van der Waals surface area (Å²) in [4.78, 5) is 0. The van der Waals surface area contributed by atoms with Crippen LogP contribution < -0.4 is 15.2 Å². The number of methoxy groups -OCH3 is 2. The van der Waals surface area contributed by atoms with Crippen LogP contribution in [0, 0.1) is 0 Å². The van der Waals surface area contributed by atoms with Gasteiger partial charge in [0.2, 0.25) is 0 Å². The summed E-state index contributed by atoms with van der Waals surface area (Å²) in [5.74, 6) is 1.49. The van der Waals surface area contributed by atoms with E-state index in [1.54, 1.807) is 18.9 Å². The molecule has 1 aromatic heterocycles. The van der Waals surface area contributed by atoms with E-state index < -0.39 is 0 Å². The minimum absolute atomic E-state index is 0.413. The second-order valence-corrected chi connectivity index (χ2v) is 4.80. The second kappa shape index (κ2) is 5.63. The van der Waals surface area contributed by atoms with Crippen LogP contribution in [0.4, 0.5) is 0 Å². The molecule has 1 heterocycles. The van der Waals surface area contributed by atoms with Crippen LogP contribution in [0.15, 0.2) is 22.7 Å². The molecule has 0 fully saturated rings. The summed E-state index contributed by atoms with van der Waals surface area (Å²) in [5.41, 5.74) is 8.31. The van der Waals surface area contributed by atoms with Crippen LogP contribution in [0.3, 0.4) is 0 Å². The van der Waals surface area contributed by atoms with Crippen molar-refractivity contribution in [1.82, 2.24) is 9.78 Å². The van der Waals surface area contributed by atoms with Crippen molar-refractivity contribution in [3.8, 4) is 22.8 Å². The Morgan fingerprint density at radius 1 is 1.32 bits per heavy atom. The number of halogens is 1. The number of benzene rings is 1. The van der Waals surface area contributed by atoms with E-state index in [9.17, 15) is 0 Å². The quantitative estimate of drug-likeness (QED) is 0.937. The fourth-order valence-corrected chi connectivity index (χ4v) is 2.64. The van der Waals surface area contributed by atoms with Crippen LogP contribution in [0.25, 0.3) is 11.3 Å². The highest BCUT2D eigenvalue weighted by Gasteiger charge is 2.18. The number of nitrogens with two attached hydrogens (primary N) is 1. The van der Waals surface area contributed by atoms with Gasteiger partial charge in [-0.05, 0) is 34.1 Å². The van der Waals surface area contributed by atoms with Gasteiger partial charge in [0, 0.05) is 19.2 Å². The number of hydrogen-bond donors (Lipinski definition) is 1. The Kier molecular flexibility index (Phi) is 4.11. The number of aryl methyl sites for hydroxylation is 1. The van der Waals surface area contributed by atoms with Gasteiger partial charge in [0.25, 0.3) is 0 Å². The van der Waals surface area contributed by atoms with Crippen molar-refractivity contribution in [1.29, 1.82) is 0 Å². The molecule has 0 amide bonds. The van der Waals surface area contributed by atoms with Gasteiger partial charge < -0.3 is 15.2 Å². The Bertz CT molecular complexity index is 596. The highest BCUT2D eigenvalue weighted by molar-refractivity contribution is 9.10. The maximum absolute atomic E-state index is 5.72. The maximum Gasteiger partial charge on any atom is 0.128 e. The first-order valence-corrected chi connectivity index (χ1v) is 6.55. The zero-order valence-electron chi connectivity index (χ0n) is 11.1. The summed E-state index contributed by atoms with van der Waals surface area (Å²) in [7, 11) is 5.12. The fourth-order valence-electron chi connectivity index (χ4n) is 1.93. The lowest BCUT2D eigenvalue weighted by molar-refractivity contribution is 0.404. The molecule has 0 bridgehead atoms. The average molecular weight is 326 g/mol. The monoisotopic (exact) mass is 325 g/mol. The third-order valence-corrected chi connectivity index (χ3v) is 3.79. The smallest absolute Gasteiger partial charge is 0.128 e. The second-order valence-electron chi connectivity index (χ2n) is 4.00. The molecule has 0 aliphatic rings. The summed E-state index contributed by atoms with van der Waals surface area (Å²) in [6, 6.07) is 5.60. The fraction of sp³-hybridized carbons (Fsp3) is 0.308. The topological polar surface area (TPSA) is 62.3 Å². The number of nitrogens with zero attached hydrogens (tertiary/aromatic N) is 2. The Morgan fingerprint density at radius 2 is 2.05 bits per heavy atom. The number of aromatic nitrogens is 2. The normalized spacial score (nSPS) is 10.6. The van der Waals surface area contributed by atoms with E-state index in [-0.39, 0.29) is 0 Å². The minimum atomic E-state index is 0.413. The Balaban J connectivity index is 2.63. The first-order valence-electron chi connectivity index (χ1n) is 5.76. The van der Waals surface area contributed by atoms with Gasteiger partial charge in [-0.15, -0.1) is 0 Å². The predicted octanol–water partition coefficient (Wildman–Crippen LogP) is 2.33. The van der Waals surface area contributed by atoms with Gasteiger partial charge in [-0.25, -0.2) is 0 Å². The van der Waals surface area contributed by atoms with Gasteiger partial charge in [0.05, 0.1) is 24.4 Å². The summed E-state index contributed by atoms with van der Waals surface area (Å²) < 4.78 is 13.3. The molecule has 19 heavy (non-hydrogen) atoms. The molecule has 0 unspecified atom stereocenters. The molecular weight excluding hydrogens is 310 g/mol. The van der Waals surface area contributed by atoms with Crippen molar-refractivity contribution >= 4 is 15.9 Å². The molecule has 2 rings (SSSR count). The minimum Gasteiger partial charge on any atom is -0.497 e. The van der Waals surface area contributed by atoms with Crippen molar-refractivity contribution in [2.45, 2.75) is 6.54 Å². The highest BCUT2D eigenvalue weighted by atomic mass is 79.9. The molecule has 2 aromatic rings. The first-order chi connectivity index (χ1) is 9.12. The van der Waals surface area contributed by atoms with Gasteiger partial charge >= 0.3 is 0 Å². The molecule has 6 heteroatoms. The van der Waals surface area contributed by atoms with Crippen molar-refractivity contribution < 1.29 is 9.47 Å². The van der Waals surface area contributed by atoms with Crippen LogP contribution in [0.5, 0.6) is 11.5 Å². The van der Waals surface area contributed by atoms with Crippen LogP contribution in [-0.2, 0) is 13.6 Å². The van der Waals surface area contributed by atoms with Crippen molar-refractivity contribution in [3.63, 3.8) is 0 Å². The van der Waals surface area contributed by atoms with E-state index in [0.29, 0.717) is 6.54 Å². The van der Waals surface area contributed by atoms with E-state index in [0.717, 1.165) is 32.9 Å². The molecule has 0 atom stereocenters. The summed E-state index contributed by atoms with van der Waals surface area (Å²) in [5, 5.41) is 4.49. The van der Waals surface area contributed by atoms with E-state index in [4.69, 9.17) is 15.2 Å². The van der Waals surface area contributed by atoms with Crippen LogP contribution >= 0.6 is 15.9 Å². The molecule has 2 N–H and O–H groups in total. The zero-order chi connectivity index (χ0) is 14.0. The van der Waals surface area contributed by atoms with Crippen molar-refractivity contribution in [3.05, 3.63) is 28.4 Å². The molecule has 0 spiro atoms. The number of rotatable bonds is 4. The van der Waals surface area contributed by atoms with Crippen molar-refractivity contribution in [2.24, 2.45) is 12.8 Å². The highest BCUT2D eigenvalue weighted by Crippen LogP contribution is 2.37. The Morgan fingerprint density at radius 3 is 2.58 bits per heavy atom. The maximum atomic E-state index is 5.72. The first kappa shape index (κ1) is 13.9. The van der Waals surface area contributed by atoms with Gasteiger partial charge in [0.15, 0.2) is 0 Å². The number of ether oxygens (including phenoxy) is 2. The third-order valence-electron chi connectivity index (χ3n) is 2.96. The van der Waals surface area contributed by atoms with Gasteiger partial charge in [-0.3, -0.25) is 4.68 Å². The molecular formula is C13H16BrN3O2. The molecule has 0 saturated heterocycles. The van der Waals surface area contributed by atoms with E-state index in [1.165, 1.54) is 0 Å². The Hall–Kier alpha value is -1.53. The molecule has 0 aliphatic heterocycles. The molecule has 5 nitrogen and oxygen atoms in total. The Labute approximate surface area is 120 Å². The van der Waals surface area contributed by atoms with Gasteiger partial charge in [0.1, 0.15) is 17.2 Å². The number of hydrogen-bond acceptors (Lipinski definition) is 4.